The molecule has 2 aromatic carbocycles. The van der Waals surface area contributed by atoms with Crippen molar-refractivity contribution in [3.05, 3.63) is 54.1 Å². The third-order valence-electron chi connectivity index (χ3n) is 3.31. The molecule has 0 aliphatic carbocycles. The monoisotopic (exact) mass is 351 g/mol. The summed E-state index contributed by atoms with van der Waals surface area (Å²) in [6, 6.07) is 10.9. The van der Waals surface area contributed by atoms with Crippen LogP contribution in [0.1, 0.15) is 11.6 Å². The highest BCUT2D eigenvalue weighted by molar-refractivity contribution is 7.89. The second kappa shape index (κ2) is 7.33. The molecule has 0 heterocycles. The molecule has 0 amide bonds. The van der Waals surface area contributed by atoms with Crippen LogP contribution in [-0.4, -0.2) is 33.7 Å². The Labute approximate surface area is 139 Å². The van der Waals surface area contributed by atoms with Gasteiger partial charge in [0.1, 0.15) is 22.4 Å². The standard InChI is InChI=1S/C16H17NO6S/c1-22-12-8-9-13(23-2)14(10-12)24(20,21)17-15(16(18)19)11-6-4-3-5-7-11/h3-10,15,17H,1-2H3,(H,18,19)/t15-/m1/s1. The summed E-state index contributed by atoms with van der Waals surface area (Å²) >= 11 is 0. The summed E-state index contributed by atoms with van der Waals surface area (Å²) in [5, 5.41) is 9.38. The maximum Gasteiger partial charge on any atom is 0.326 e. The van der Waals surface area contributed by atoms with Crippen molar-refractivity contribution in [2.24, 2.45) is 0 Å². The average molecular weight is 351 g/mol. The summed E-state index contributed by atoms with van der Waals surface area (Å²) in [5.41, 5.74) is 0.315. The Balaban J connectivity index is 2.45. The van der Waals surface area contributed by atoms with E-state index in [1.54, 1.807) is 24.3 Å². The highest BCUT2D eigenvalue weighted by Crippen LogP contribution is 2.29. The maximum atomic E-state index is 12.7. The molecule has 128 valence electrons. The molecule has 1 atom stereocenters. The van der Waals surface area contributed by atoms with Crippen molar-refractivity contribution in [2.45, 2.75) is 10.9 Å². The van der Waals surface area contributed by atoms with Crippen LogP contribution in [0.5, 0.6) is 11.5 Å². The highest BCUT2D eigenvalue weighted by atomic mass is 32.2. The van der Waals surface area contributed by atoms with E-state index >= 15 is 0 Å². The minimum Gasteiger partial charge on any atom is -0.497 e. The fourth-order valence-electron chi connectivity index (χ4n) is 2.12. The van der Waals surface area contributed by atoms with Gasteiger partial charge in [-0.15, -0.1) is 0 Å². The third-order valence-corrected chi connectivity index (χ3v) is 4.76. The maximum absolute atomic E-state index is 12.7. The molecule has 0 aliphatic heterocycles. The lowest BCUT2D eigenvalue weighted by atomic mass is 10.1. The Kier molecular flexibility index (Phi) is 5.42. The lowest BCUT2D eigenvalue weighted by Gasteiger charge is -2.17. The number of carbonyl (C=O) groups is 1. The molecule has 7 nitrogen and oxygen atoms in total. The number of hydrogen-bond acceptors (Lipinski definition) is 5. The Morgan fingerprint density at radius 3 is 2.29 bits per heavy atom. The van der Waals surface area contributed by atoms with Crippen molar-refractivity contribution in [1.29, 1.82) is 0 Å². The van der Waals surface area contributed by atoms with Gasteiger partial charge < -0.3 is 14.6 Å². The first kappa shape index (κ1) is 17.8. The van der Waals surface area contributed by atoms with Gasteiger partial charge in [-0.1, -0.05) is 30.3 Å². The van der Waals surface area contributed by atoms with Gasteiger partial charge in [0.2, 0.25) is 10.0 Å². The molecular weight excluding hydrogens is 334 g/mol. The van der Waals surface area contributed by atoms with Crippen LogP contribution in [0.15, 0.2) is 53.4 Å². The molecule has 24 heavy (non-hydrogen) atoms. The normalized spacial score (nSPS) is 12.4. The molecule has 0 saturated carbocycles. The van der Waals surface area contributed by atoms with E-state index in [1.807, 2.05) is 0 Å². The Morgan fingerprint density at radius 1 is 1.08 bits per heavy atom. The molecule has 2 rings (SSSR count). The molecule has 0 bridgehead atoms. The summed E-state index contributed by atoms with van der Waals surface area (Å²) in [6.07, 6.45) is 0. The lowest BCUT2D eigenvalue weighted by molar-refractivity contribution is -0.139. The SMILES string of the molecule is COc1ccc(OC)c(S(=O)(=O)N[C@@H](C(=O)O)c2ccccc2)c1. The number of nitrogens with one attached hydrogen (secondary N) is 1. The van der Waals surface area contributed by atoms with Gasteiger partial charge in [0.25, 0.3) is 0 Å². The van der Waals surface area contributed by atoms with Crippen molar-refractivity contribution in [2.75, 3.05) is 14.2 Å². The number of aliphatic carboxylic acids is 1. The number of methoxy groups -OCH3 is 2. The van der Waals surface area contributed by atoms with Crippen LogP contribution in [0.4, 0.5) is 0 Å². The summed E-state index contributed by atoms with van der Waals surface area (Å²) in [7, 11) is -1.44. The highest BCUT2D eigenvalue weighted by Gasteiger charge is 2.29. The largest absolute Gasteiger partial charge is 0.497 e. The molecule has 0 unspecified atom stereocenters. The predicted molar refractivity (Wildman–Crippen MR) is 86.7 cm³/mol. The topological polar surface area (TPSA) is 102 Å². The molecule has 0 aliphatic rings. The number of benzene rings is 2. The van der Waals surface area contributed by atoms with Crippen LogP contribution in [0.2, 0.25) is 0 Å². The first-order chi connectivity index (χ1) is 11.4. The van der Waals surface area contributed by atoms with Crippen LogP contribution in [0.3, 0.4) is 0 Å². The number of carboxylic acids is 1. The number of ether oxygens (including phenoxy) is 2. The van der Waals surface area contributed by atoms with Crippen molar-refractivity contribution in [1.82, 2.24) is 4.72 Å². The molecule has 0 aromatic heterocycles. The number of hydrogen-bond donors (Lipinski definition) is 2. The van der Waals surface area contributed by atoms with Gasteiger partial charge in [0, 0.05) is 6.07 Å². The van der Waals surface area contributed by atoms with E-state index < -0.39 is 22.0 Å². The van der Waals surface area contributed by atoms with Gasteiger partial charge in [0.05, 0.1) is 14.2 Å². The van der Waals surface area contributed by atoms with Crippen LogP contribution < -0.4 is 14.2 Å². The quantitative estimate of drug-likeness (QED) is 0.789. The molecule has 8 heteroatoms. The zero-order chi connectivity index (χ0) is 17.7. The molecule has 0 radical (unpaired) electrons. The van der Waals surface area contributed by atoms with Crippen LogP contribution >= 0.6 is 0 Å². The summed E-state index contributed by atoms with van der Waals surface area (Å²) < 4.78 is 37.6. The van der Waals surface area contributed by atoms with Gasteiger partial charge in [-0.2, -0.15) is 4.72 Å². The average Bonchev–Trinajstić information content (AvgIpc) is 2.59. The third kappa shape index (κ3) is 3.84. The summed E-state index contributed by atoms with van der Waals surface area (Å²) in [5.74, 6) is -0.921. The Morgan fingerprint density at radius 2 is 1.75 bits per heavy atom. The van der Waals surface area contributed by atoms with Crippen LogP contribution in [0.25, 0.3) is 0 Å². The fraction of sp³-hybridized carbons (Fsp3) is 0.188. The molecule has 0 fully saturated rings. The van der Waals surface area contributed by atoms with Crippen molar-refractivity contribution < 1.29 is 27.8 Å². The van der Waals surface area contributed by atoms with Crippen LogP contribution in [-0.2, 0) is 14.8 Å². The van der Waals surface area contributed by atoms with E-state index in [9.17, 15) is 18.3 Å². The van der Waals surface area contributed by atoms with Crippen molar-refractivity contribution >= 4 is 16.0 Å². The smallest absolute Gasteiger partial charge is 0.326 e. The van der Waals surface area contributed by atoms with E-state index in [4.69, 9.17) is 9.47 Å². The minimum atomic E-state index is -4.16. The molecule has 0 spiro atoms. The van der Waals surface area contributed by atoms with E-state index in [2.05, 4.69) is 4.72 Å². The fourth-order valence-corrected chi connectivity index (χ4v) is 3.48. The molecule has 2 N–H and O–H groups in total. The molecular formula is C16H17NO6S. The van der Waals surface area contributed by atoms with Crippen molar-refractivity contribution in [3.8, 4) is 11.5 Å². The summed E-state index contributed by atoms with van der Waals surface area (Å²) in [4.78, 5) is 11.3. The van der Waals surface area contributed by atoms with E-state index in [-0.39, 0.29) is 10.6 Å². The Bertz CT molecular complexity index is 820. The first-order valence-corrected chi connectivity index (χ1v) is 8.39. The first-order valence-electron chi connectivity index (χ1n) is 6.91. The molecule has 0 saturated heterocycles. The van der Waals surface area contributed by atoms with Crippen LogP contribution in [0, 0.1) is 0 Å². The van der Waals surface area contributed by atoms with E-state index in [0.29, 0.717) is 11.3 Å². The van der Waals surface area contributed by atoms with Crippen molar-refractivity contribution in [3.63, 3.8) is 0 Å². The van der Waals surface area contributed by atoms with E-state index in [0.717, 1.165) is 0 Å². The van der Waals surface area contributed by atoms with Gasteiger partial charge in [0.15, 0.2) is 0 Å². The van der Waals surface area contributed by atoms with Gasteiger partial charge in [-0.05, 0) is 17.7 Å². The van der Waals surface area contributed by atoms with Gasteiger partial charge >= 0.3 is 5.97 Å². The number of sulfonamides is 1. The second-order valence-electron chi connectivity index (χ2n) is 4.82. The van der Waals surface area contributed by atoms with E-state index in [1.165, 1.54) is 38.5 Å². The number of rotatable bonds is 7. The van der Waals surface area contributed by atoms with Gasteiger partial charge in [-0.3, -0.25) is 4.79 Å². The van der Waals surface area contributed by atoms with Gasteiger partial charge in [-0.25, -0.2) is 8.42 Å². The predicted octanol–water partition coefficient (Wildman–Crippen LogP) is 1.81. The lowest BCUT2D eigenvalue weighted by Crippen LogP contribution is -2.34. The zero-order valence-corrected chi connectivity index (χ0v) is 13.9. The second-order valence-corrected chi connectivity index (χ2v) is 6.50. The Hall–Kier alpha value is -2.58. The number of carboxylic acid groups (broad SMARTS) is 1. The zero-order valence-electron chi connectivity index (χ0n) is 13.1. The molecule has 2 aromatic rings. The minimum absolute atomic E-state index is 0.0838. The summed E-state index contributed by atoms with van der Waals surface area (Å²) in [6.45, 7) is 0.